The Bertz CT molecular complexity index is 1760. The van der Waals surface area contributed by atoms with E-state index in [0.717, 1.165) is 22.3 Å². The van der Waals surface area contributed by atoms with Crippen molar-refractivity contribution in [2.75, 3.05) is 12.4 Å². The number of urea groups is 1. The molecule has 4 aromatic carbocycles. The zero-order chi connectivity index (χ0) is 30.5. The lowest BCUT2D eigenvalue weighted by Crippen LogP contribution is -2.38. The van der Waals surface area contributed by atoms with Crippen LogP contribution in [-0.2, 0) is 12.1 Å². The molecule has 0 radical (unpaired) electrons. The highest BCUT2D eigenvalue weighted by molar-refractivity contribution is 5.94. The Morgan fingerprint density at radius 2 is 1.34 bits per heavy atom. The Morgan fingerprint density at radius 3 is 1.82 bits per heavy atom. The number of aliphatic hydroxyl groups is 1. The lowest BCUT2D eigenvalue weighted by Gasteiger charge is -2.36. The summed E-state index contributed by atoms with van der Waals surface area (Å²) in [6.45, 7) is 1.53. The minimum absolute atomic E-state index is 0.232. The molecule has 0 saturated heterocycles. The third-order valence-electron chi connectivity index (χ3n) is 7.83. The fraction of sp³-hybridized carbons (Fsp3) is 0.139. The van der Waals surface area contributed by atoms with Crippen LogP contribution < -0.4 is 15.4 Å². The monoisotopic (exact) mass is 583 g/mol. The smallest absolute Gasteiger partial charge is 0.320 e. The molecule has 2 heterocycles. The van der Waals surface area contributed by atoms with E-state index < -0.39 is 11.6 Å². The van der Waals surface area contributed by atoms with Crippen molar-refractivity contribution in [1.82, 2.24) is 20.1 Å². The van der Waals surface area contributed by atoms with Gasteiger partial charge in [-0.05, 0) is 29.2 Å². The maximum atomic E-state index is 13.2. The molecule has 3 N–H and O–H groups in total. The largest absolute Gasteiger partial charge is 0.479 e. The predicted molar refractivity (Wildman–Crippen MR) is 172 cm³/mol. The van der Waals surface area contributed by atoms with Gasteiger partial charge in [0.1, 0.15) is 11.4 Å². The van der Waals surface area contributed by atoms with Gasteiger partial charge in [0.15, 0.2) is 0 Å². The molecule has 1 atom stereocenters. The van der Waals surface area contributed by atoms with Gasteiger partial charge in [0.2, 0.25) is 5.88 Å². The zero-order valence-corrected chi connectivity index (χ0v) is 24.5. The van der Waals surface area contributed by atoms with E-state index in [-0.39, 0.29) is 18.5 Å². The number of methoxy groups -OCH3 is 1. The number of rotatable bonds is 9. The van der Waals surface area contributed by atoms with Gasteiger partial charge in [-0.1, -0.05) is 121 Å². The molecule has 0 aliphatic rings. The molecule has 2 amide bonds. The topological polar surface area (TPSA) is 101 Å². The molecule has 44 heavy (non-hydrogen) atoms. The summed E-state index contributed by atoms with van der Waals surface area (Å²) in [5.41, 5.74) is 3.89. The summed E-state index contributed by atoms with van der Waals surface area (Å²) in [7, 11) is 1.55. The highest BCUT2D eigenvalue weighted by Gasteiger charge is 2.41. The highest BCUT2D eigenvalue weighted by atomic mass is 16.5. The van der Waals surface area contributed by atoms with Crippen LogP contribution >= 0.6 is 0 Å². The number of carbonyl (C=O) groups excluding carboxylic acids is 1. The maximum absolute atomic E-state index is 13.2. The van der Waals surface area contributed by atoms with E-state index in [0.29, 0.717) is 22.5 Å². The highest BCUT2D eigenvalue weighted by Crippen LogP contribution is 2.44. The van der Waals surface area contributed by atoms with Crippen molar-refractivity contribution in [1.29, 1.82) is 0 Å². The molecule has 8 nitrogen and oxygen atoms in total. The van der Waals surface area contributed by atoms with Crippen molar-refractivity contribution in [3.63, 3.8) is 0 Å². The van der Waals surface area contributed by atoms with Crippen molar-refractivity contribution in [3.8, 4) is 5.88 Å². The molecule has 0 aliphatic carbocycles. The number of pyridine rings is 1. The zero-order valence-electron chi connectivity index (χ0n) is 24.5. The summed E-state index contributed by atoms with van der Waals surface area (Å²) in [6, 6.07) is 41.3. The molecule has 6 aromatic rings. The first-order valence-electron chi connectivity index (χ1n) is 14.4. The number of nitrogens with one attached hydrogen (secondary N) is 2. The number of anilines is 1. The number of fused-ring (bicyclic) bond motifs is 1. The van der Waals surface area contributed by atoms with Gasteiger partial charge in [-0.15, -0.1) is 5.10 Å². The van der Waals surface area contributed by atoms with Crippen LogP contribution in [0.15, 0.2) is 127 Å². The van der Waals surface area contributed by atoms with Crippen LogP contribution in [-0.4, -0.2) is 33.0 Å². The summed E-state index contributed by atoms with van der Waals surface area (Å²) >= 11 is 0. The fourth-order valence-corrected chi connectivity index (χ4v) is 5.83. The van der Waals surface area contributed by atoms with E-state index in [9.17, 15) is 9.90 Å². The summed E-state index contributed by atoms with van der Waals surface area (Å²) in [5, 5.41) is 21.9. The molecule has 0 unspecified atom stereocenters. The lowest BCUT2D eigenvalue weighted by molar-refractivity contribution is 0.249. The molecule has 0 bridgehead atoms. The molecule has 0 spiro atoms. The van der Waals surface area contributed by atoms with E-state index >= 15 is 0 Å². The molecule has 8 heteroatoms. The van der Waals surface area contributed by atoms with E-state index in [1.807, 2.05) is 96.5 Å². The van der Waals surface area contributed by atoms with Crippen LogP contribution in [0.3, 0.4) is 0 Å². The number of aliphatic hydroxyl groups excluding tert-OH is 1. The molecule has 0 aliphatic heterocycles. The minimum Gasteiger partial charge on any atom is -0.479 e. The number of benzene rings is 4. The molecule has 220 valence electrons. The molecule has 6 rings (SSSR count). The number of aromatic nitrogens is 3. The van der Waals surface area contributed by atoms with Gasteiger partial charge in [-0.3, -0.25) is 5.32 Å². The minimum atomic E-state index is -0.950. The Kier molecular flexibility index (Phi) is 8.08. The van der Waals surface area contributed by atoms with Crippen molar-refractivity contribution in [3.05, 3.63) is 155 Å². The number of nitrogens with zero attached hydrogens (tertiary/aromatic N) is 3. The van der Waals surface area contributed by atoms with Gasteiger partial charge in [-0.25, -0.2) is 14.5 Å². The Hall–Kier alpha value is -5.47. The Labute approximate surface area is 256 Å². The maximum Gasteiger partial charge on any atom is 0.320 e. The Balaban J connectivity index is 1.57. The standard InChI is InChI=1S/C36H33N5O3/c1-25(26-15-7-3-8-16-26)37-35(43)39-32-23-31-33(30(24-42)38-32)34(44-2)40-41(31)36(27-17-9-4-10-18-27,28-19-11-5-12-20-28)29-21-13-6-14-22-29/h3-23,25,42H,24H2,1-2H3,(H2,37,38,39,43)/t25-/m1/s1. The summed E-state index contributed by atoms with van der Waals surface area (Å²) in [5.74, 6) is 0.587. The van der Waals surface area contributed by atoms with Crippen molar-refractivity contribution in [2.45, 2.75) is 25.1 Å². The molecule has 0 saturated carbocycles. The number of ether oxygens (including phenoxy) is 1. The first-order valence-corrected chi connectivity index (χ1v) is 14.4. The second kappa shape index (κ2) is 12.4. The van der Waals surface area contributed by atoms with E-state index in [4.69, 9.17) is 9.84 Å². The van der Waals surface area contributed by atoms with Crippen molar-refractivity contribution >= 4 is 22.8 Å². The van der Waals surface area contributed by atoms with Gasteiger partial charge in [0.25, 0.3) is 0 Å². The van der Waals surface area contributed by atoms with Gasteiger partial charge in [-0.2, -0.15) is 0 Å². The summed E-state index contributed by atoms with van der Waals surface area (Å²) < 4.78 is 7.71. The second-order valence-electron chi connectivity index (χ2n) is 10.5. The van der Waals surface area contributed by atoms with E-state index in [1.165, 1.54) is 0 Å². The van der Waals surface area contributed by atoms with E-state index in [2.05, 4.69) is 52.0 Å². The van der Waals surface area contributed by atoms with Crippen molar-refractivity contribution < 1.29 is 14.6 Å². The Morgan fingerprint density at radius 1 is 0.841 bits per heavy atom. The third kappa shape index (κ3) is 5.16. The molecular weight excluding hydrogens is 550 g/mol. The first-order chi connectivity index (χ1) is 21.6. The fourth-order valence-electron chi connectivity index (χ4n) is 5.83. The van der Waals surface area contributed by atoms with Crippen LogP contribution in [0.5, 0.6) is 5.88 Å². The molecule has 0 fully saturated rings. The van der Waals surface area contributed by atoms with Crippen molar-refractivity contribution in [2.24, 2.45) is 0 Å². The second-order valence-corrected chi connectivity index (χ2v) is 10.5. The SMILES string of the molecule is COc1nn(C(c2ccccc2)(c2ccccc2)c2ccccc2)c2cc(NC(=O)N[C@H](C)c3ccccc3)nc(CO)c12. The van der Waals surface area contributed by atoms with Gasteiger partial charge in [0, 0.05) is 6.07 Å². The van der Waals surface area contributed by atoms with Crippen LogP contribution in [0.4, 0.5) is 10.6 Å². The predicted octanol–water partition coefficient (Wildman–Crippen LogP) is 6.66. The first kappa shape index (κ1) is 28.6. The van der Waals surface area contributed by atoms with Crippen LogP contribution in [0, 0.1) is 0 Å². The normalized spacial score (nSPS) is 12.1. The van der Waals surface area contributed by atoms with Gasteiger partial charge < -0.3 is 15.2 Å². The average molecular weight is 584 g/mol. The summed E-state index contributed by atoms with van der Waals surface area (Å²) in [6.07, 6.45) is 0. The number of carbonyl (C=O) groups is 1. The number of amides is 2. The molecule has 2 aromatic heterocycles. The van der Waals surface area contributed by atoms with E-state index in [1.54, 1.807) is 13.2 Å². The van der Waals surface area contributed by atoms with Crippen LogP contribution in [0.2, 0.25) is 0 Å². The number of hydrogen-bond donors (Lipinski definition) is 3. The summed E-state index contributed by atoms with van der Waals surface area (Å²) in [4.78, 5) is 17.8. The quantitative estimate of drug-likeness (QED) is 0.165. The van der Waals surface area contributed by atoms with Crippen LogP contribution in [0.25, 0.3) is 10.9 Å². The average Bonchev–Trinajstić information content (AvgIpc) is 3.45. The van der Waals surface area contributed by atoms with Crippen LogP contribution in [0.1, 0.15) is 40.9 Å². The number of hydrogen-bond acceptors (Lipinski definition) is 5. The van der Waals surface area contributed by atoms with Gasteiger partial charge >= 0.3 is 6.03 Å². The molecular formula is C36H33N5O3. The van der Waals surface area contributed by atoms with Gasteiger partial charge in [0.05, 0.1) is 36.4 Å². The lowest BCUT2D eigenvalue weighted by atomic mass is 9.77. The third-order valence-corrected chi connectivity index (χ3v) is 7.83.